The molecule has 2 aliphatic heterocycles. The van der Waals surface area contributed by atoms with Gasteiger partial charge in [0.25, 0.3) is 0 Å². The van der Waals surface area contributed by atoms with Crippen molar-refractivity contribution < 1.29 is 18.9 Å². The molecule has 2 fully saturated rings. The van der Waals surface area contributed by atoms with Gasteiger partial charge in [0.15, 0.2) is 11.5 Å². The largest absolute Gasteiger partial charge is 0.487 e. The summed E-state index contributed by atoms with van der Waals surface area (Å²) in [5.74, 6) is 1.56. The van der Waals surface area contributed by atoms with Gasteiger partial charge in [-0.2, -0.15) is 0 Å². The van der Waals surface area contributed by atoms with Crippen LogP contribution in [0, 0.1) is 0 Å². The van der Waals surface area contributed by atoms with Gasteiger partial charge in [0.05, 0.1) is 13.2 Å². The summed E-state index contributed by atoms with van der Waals surface area (Å²) in [5, 5.41) is 2.29. The molecule has 2 aromatic rings. The summed E-state index contributed by atoms with van der Waals surface area (Å²) >= 11 is 0. The Morgan fingerprint density at radius 1 is 0.850 bits per heavy atom. The molecule has 2 atom stereocenters. The van der Waals surface area contributed by atoms with Crippen molar-refractivity contribution in [3.05, 3.63) is 36.4 Å². The molecule has 4 nitrogen and oxygen atoms in total. The standard InChI is InChI=1S/C16H16O4/c1-2-4-12-6-16(20-10-14-8-18-14)15(5-11(12)3-1)19-9-13-7-17-13/h1-6,13-14H,7-10H2/t13-,14+. The number of hydrogen-bond acceptors (Lipinski definition) is 4. The molecule has 20 heavy (non-hydrogen) atoms. The van der Waals surface area contributed by atoms with E-state index < -0.39 is 0 Å². The van der Waals surface area contributed by atoms with Gasteiger partial charge in [-0.25, -0.2) is 0 Å². The predicted molar refractivity (Wildman–Crippen MR) is 74.4 cm³/mol. The zero-order chi connectivity index (χ0) is 13.4. The number of fused-ring (bicyclic) bond motifs is 1. The van der Waals surface area contributed by atoms with Crippen LogP contribution in [0.25, 0.3) is 10.8 Å². The summed E-state index contributed by atoms with van der Waals surface area (Å²) in [5.41, 5.74) is 0. The lowest BCUT2D eigenvalue weighted by atomic mass is 10.1. The predicted octanol–water partition coefficient (Wildman–Crippen LogP) is 2.40. The molecule has 4 heteroatoms. The Hall–Kier alpha value is -1.78. The van der Waals surface area contributed by atoms with Crippen LogP contribution in [0.3, 0.4) is 0 Å². The number of hydrogen-bond donors (Lipinski definition) is 0. The van der Waals surface area contributed by atoms with Crippen molar-refractivity contribution in [1.29, 1.82) is 0 Å². The first-order valence-electron chi connectivity index (χ1n) is 6.90. The minimum atomic E-state index is 0.237. The molecule has 104 valence electrons. The Kier molecular flexibility index (Phi) is 2.98. The summed E-state index contributed by atoms with van der Waals surface area (Å²) in [6.07, 6.45) is 0.474. The fourth-order valence-electron chi connectivity index (χ4n) is 2.12. The number of epoxide rings is 2. The van der Waals surface area contributed by atoms with Crippen LogP contribution in [-0.4, -0.2) is 38.6 Å². The van der Waals surface area contributed by atoms with E-state index in [0.717, 1.165) is 35.5 Å². The molecule has 0 amide bonds. The van der Waals surface area contributed by atoms with E-state index in [1.165, 1.54) is 0 Å². The topological polar surface area (TPSA) is 43.5 Å². The van der Waals surface area contributed by atoms with E-state index in [0.29, 0.717) is 13.2 Å². The summed E-state index contributed by atoms with van der Waals surface area (Å²) in [7, 11) is 0. The molecule has 2 heterocycles. The molecule has 0 spiro atoms. The molecule has 2 aliphatic rings. The van der Waals surface area contributed by atoms with Gasteiger partial charge < -0.3 is 18.9 Å². The van der Waals surface area contributed by atoms with Crippen LogP contribution < -0.4 is 9.47 Å². The monoisotopic (exact) mass is 272 g/mol. The molecule has 2 aromatic carbocycles. The molecule has 0 aliphatic carbocycles. The average Bonchev–Trinajstić information content (AvgIpc) is 3.37. The minimum Gasteiger partial charge on any atom is -0.487 e. The van der Waals surface area contributed by atoms with Crippen molar-refractivity contribution >= 4 is 10.8 Å². The normalized spacial score (nSPS) is 23.6. The molecule has 0 radical (unpaired) electrons. The van der Waals surface area contributed by atoms with Crippen molar-refractivity contribution in [2.24, 2.45) is 0 Å². The lowest BCUT2D eigenvalue weighted by Gasteiger charge is -2.13. The molecule has 0 N–H and O–H groups in total. The molecule has 4 rings (SSSR count). The third kappa shape index (κ3) is 2.71. The van der Waals surface area contributed by atoms with Gasteiger partial charge in [-0.1, -0.05) is 24.3 Å². The van der Waals surface area contributed by atoms with Crippen LogP contribution in [0.2, 0.25) is 0 Å². The van der Waals surface area contributed by atoms with Crippen LogP contribution in [0.1, 0.15) is 0 Å². The Labute approximate surface area is 117 Å². The fourth-order valence-corrected chi connectivity index (χ4v) is 2.12. The van der Waals surface area contributed by atoms with Gasteiger partial charge in [-0.15, -0.1) is 0 Å². The Morgan fingerprint density at radius 3 is 1.70 bits per heavy atom. The van der Waals surface area contributed by atoms with Crippen LogP contribution in [0.4, 0.5) is 0 Å². The maximum atomic E-state index is 5.83. The smallest absolute Gasteiger partial charge is 0.161 e. The summed E-state index contributed by atoms with van der Waals surface area (Å²) in [4.78, 5) is 0. The highest BCUT2D eigenvalue weighted by Gasteiger charge is 2.25. The zero-order valence-electron chi connectivity index (χ0n) is 11.1. The fraction of sp³-hybridized carbons (Fsp3) is 0.375. The van der Waals surface area contributed by atoms with E-state index in [4.69, 9.17) is 18.9 Å². The molecule has 0 aromatic heterocycles. The first-order valence-corrected chi connectivity index (χ1v) is 6.90. The van der Waals surface area contributed by atoms with Gasteiger partial charge in [0.1, 0.15) is 25.4 Å². The molecular formula is C16H16O4. The second kappa shape index (κ2) is 4.96. The van der Waals surface area contributed by atoms with Gasteiger partial charge in [-0.05, 0) is 22.9 Å². The van der Waals surface area contributed by atoms with E-state index in [-0.39, 0.29) is 12.2 Å². The molecule has 2 saturated heterocycles. The van der Waals surface area contributed by atoms with Crippen molar-refractivity contribution in [2.75, 3.05) is 26.4 Å². The molecule has 0 bridgehead atoms. The molecule has 0 saturated carbocycles. The Morgan fingerprint density at radius 2 is 1.30 bits per heavy atom. The van der Waals surface area contributed by atoms with Crippen LogP contribution in [0.15, 0.2) is 36.4 Å². The first kappa shape index (κ1) is 12.0. The SMILES string of the molecule is c1ccc2cc(OC[C@H]3CO3)c(OC[C@@H]3CO3)cc2c1. The van der Waals surface area contributed by atoms with Gasteiger partial charge >= 0.3 is 0 Å². The second-order valence-corrected chi connectivity index (χ2v) is 5.18. The van der Waals surface area contributed by atoms with Crippen molar-refractivity contribution in [3.8, 4) is 11.5 Å². The molecular weight excluding hydrogens is 256 g/mol. The van der Waals surface area contributed by atoms with Crippen LogP contribution >= 0.6 is 0 Å². The third-order valence-electron chi connectivity index (χ3n) is 3.47. The summed E-state index contributed by atoms with van der Waals surface area (Å²) < 4.78 is 22.0. The van der Waals surface area contributed by atoms with Gasteiger partial charge in [0.2, 0.25) is 0 Å². The van der Waals surface area contributed by atoms with E-state index in [9.17, 15) is 0 Å². The second-order valence-electron chi connectivity index (χ2n) is 5.18. The third-order valence-corrected chi connectivity index (χ3v) is 3.47. The minimum absolute atomic E-state index is 0.237. The highest BCUT2D eigenvalue weighted by Crippen LogP contribution is 2.33. The van der Waals surface area contributed by atoms with Crippen molar-refractivity contribution in [1.82, 2.24) is 0 Å². The highest BCUT2D eigenvalue weighted by atomic mass is 16.6. The maximum absolute atomic E-state index is 5.83. The zero-order valence-corrected chi connectivity index (χ0v) is 11.1. The van der Waals surface area contributed by atoms with Crippen molar-refractivity contribution in [3.63, 3.8) is 0 Å². The van der Waals surface area contributed by atoms with Crippen LogP contribution in [-0.2, 0) is 9.47 Å². The Bertz CT molecular complexity index is 562. The average molecular weight is 272 g/mol. The molecule has 0 unspecified atom stereocenters. The lowest BCUT2D eigenvalue weighted by Crippen LogP contribution is -2.08. The lowest BCUT2D eigenvalue weighted by molar-refractivity contribution is 0.228. The summed E-state index contributed by atoms with van der Waals surface area (Å²) in [6, 6.07) is 12.2. The Balaban J connectivity index is 1.61. The quantitative estimate of drug-likeness (QED) is 0.757. The van der Waals surface area contributed by atoms with Gasteiger partial charge in [-0.3, -0.25) is 0 Å². The van der Waals surface area contributed by atoms with Crippen LogP contribution in [0.5, 0.6) is 11.5 Å². The number of rotatable bonds is 6. The maximum Gasteiger partial charge on any atom is 0.161 e. The highest BCUT2D eigenvalue weighted by molar-refractivity contribution is 5.86. The van der Waals surface area contributed by atoms with Crippen molar-refractivity contribution in [2.45, 2.75) is 12.2 Å². The number of benzene rings is 2. The van der Waals surface area contributed by atoms with E-state index in [1.54, 1.807) is 0 Å². The van der Waals surface area contributed by atoms with Gasteiger partial charge in [0, 0.05) is 0 Å². The van der Waals surface area contributed by atoms with E-state index in [2.05, 4.69) is 12.1 Å². The number of ether oxygens (including phenoxy) is 4. The van der Waals surface area contributed by atoms with E-state index >= 15 is 0 Å². The first-order chi connectivity index (χ1) is 9.88. The summed E-state index contributed by atoms with van der Waals surface area (Å²) in [6.45, 7) is 2.74. The van der Waals surface area contributed by atoms with E-state index in [1.807, 2.05) is 24.3 Å².